The molecule has 0 saturated heterocycles. The Bertz CT molecular complexity index is 978. The van der Waals surface area contributed by atoms with Gasteiger partial charge in [0.25, 0.3) is 5.91 Å². The van der Waals surface area contributed by atoms with Crippen molar-refractivity contribution in [3.8, 4) is 0 Å². The fraction of sp³-hybridized carbons (Fsp3) is 0.286. The Morgan fingerprint density at radius 1 is 1.22 bits per heavy atom. The van der Waals surface area contributed by atoms with Gasteiger partial charge in [0, 0.05) is 19.4 Å². The molecule has 2 heterocycles. The summed E-state index contributed by atoms with van der Waals surface area (Å²) in [5, 5.41) is 2.89. The third kappa shape index (κ3) is 3.43. The van der Waals surface area contributed by atoms with Crippen molar-refractivity contribution in [1.82, 2.24) is 15.3 Å². The van der Waals surface area contributed by atoms with Crippen molar-refractivity contribution < 1.29 is 14.3 Å². The molecule has 1 amide bonds. The van der Waals surface area contributed by atoms with E-state index in [0.717, 1.165) is 35.3 Å². The number of nitrogens with zero attached hydrogens (tertiary/aromatic N) is 1. The lowest BCUT2D eigenvalue weighted by Gasteiger charge is -2.33. The Hall–Kier alpha value is -3.15. The standard InChI is InChI=1S/C21H21N3O3/c1-21(13-14-7-2-3-8-15(14)19(25)27-21)20(26)22-12-6-11-18-23-16-9-4-5-10-17(16)24-18/h2-5,7-10H,6,11-13H2,1H3,(H,22,26)(H,23,24)/t21-/m1/s1. The van der Waals surface area contributed by atoms with Crippen molar-refractivity contribution in [3.63, 3.8) is 0 Å². The molecule has 138 valence electrons. The smallest absolute Gasteiger partial charge is 0.339 e. The zero-order valence-electron chi connectivity index (χ0n) is 15.1. The summed E-state index contributed by atoms with van der Waals surface area (Å²) in [6.45, 7) is 2.15. The highest BCUT2D eigenvalue weighted by Crippen LogP contribution is 2.28. The number of aryl methyl sites for hydroxylation is 1. The molecule has 3 aromatic rings. The zero-order chi connectivity index (χ0) is 18.9. The SMILES string of the molecule is C[C@]1(C(=O)NCCCc2nc3ccccc3[nH]2)Cc2ccccc2C(=O)O1. The number of amides is 1. The van der Waals surface area contributed by atoms with Gasteiger partial charge in [0.1, 0.15) is 5.82 Å². The Labute approximate surface area is 156 Å². The summed E-state index contributed by atoms with van der Waals surface area (Å²) in [5.41, 5.74) is 2.15. The van der Waals surface area contributed by atoms with Crippen molar-refractivity contribution in [2.45, 2.75) is 31.8 Å². The number of fused-ring (bicyclic) bond motifs is 2. The highest BCUT2D eigenvalue weighted by atomic mass is 16.6. The summed E-state index contributed by atoms with van der Waals surface area (Å²) in [7, 11) is 0. The third-order valence-corrected chi connectivity index (χ3v) is 4.88. The fourth-order valence-electron chi connectivity index (χ4n) is 3.43. The molecule has 27 heavy (non-hydrogen) atoms. The maximum absolute atomic E-state index is 12.6. The number of H-pyrrole nitrogens is 1. The van der Waals surface area contributed by atoms with Gasteiger partial charge in [0.2, 0.25) is 0 Å². The van der Waals surface area contributed by atoms with Gasteiger partial charge in [-0.3, -0.25) is 4.79 Å². The number of para-hydroxylation sites is 2. The number of ether oxygens (including phenoxy) is 1. The molecule has 0 bridgehead atoms. The third-order valence-electron chi connectivity index (χ3n) is 4.88. The Morgan fingerprint density at radius 2 is 2.00 bits per heavy atom. The molecule has 2 N–H and O–H groups in total. The number of carbonyl (C=O) groups is 2. The van der Waals surface area contributed by atoms with E-state index in [4.69, 9.17) is 4.74 Å². The van der Waals surface area contributed by atoms with Gasteiger partial charge in [-0.2, -0.15) is 0 Å². The summed E-state index contributed by atoms with van der Waals surface area (Å²) in [6.07, 6.45) is 1.85. The number of aromatic nitrogens is 2. The van der Waals surface area contributed by atoms with E-state index in [1.165, 1.54) is 0 Å². The molecule has 1 aliphatic heterocycles. The Kier molecular flexibility index (Phi) is 4.39. The first-order valence-electron chi connectivity index (χ1n) is 9.08. The summed E-state index contributed by atoms with van der Waals surface area (Å²) < 4.78 is 5.45. The number of hydrogen-bond acceptors (Lipinski definition) is 4. The van der Waals surface area contributed by atoms with E-state index < -0.39 is 11.6 Å². The summed E-state index contributed by atoms with van der Waals surface area (Å²) in [4.78, 5) is 32.6. The number of imidazole rings is 1. The number of benzene rings is 2. The van der Waals surface area contributed by atoms with Crippen molar-refractivity contribution >= 4 is 22.9 Å². The van der Waals surface area contributed by atoms with Gasteiger partial charge in [-0.1, -0.05) is 30.3 Å². The fourth-order valence-corrected chi connectivity index (χ4v) is 3.43. The van der Waals surface area contributed by atoms with Crippen LogP contribution in [0.15, 0.2) is 48.5 Å². The normalized spacial score (nSPS) is 18.8. The monoisotopic (exact) mass is 363 g/mol. The number of hydrogen-bond donors (Lipinski definition) is 2. The summed E-state index contributed by atoms with van der Waals surface area (Å²) in [6, 6.07) is 15.1. The Balaban J connectivity index is 1.33. The molecular weight excluding hydrogens is 342 g/mol. The summed E-state index contributed by atoms with van der Waals surface area (Å²) in [5.74, 6) is 0.182. The number of esters is 1. The van der Waals surface area contributed by atoms with E-state index in [9.17, 15) is 9.59 Å². The van der Waals surface area contributed by atoms with Crippen LogP contribution in [0.25, 0.3) is 11.0 Å². The molecule has 0 aliphatic carbocycles. The maximum atomic E-state index is 12.6. The van der Waals surface area contributed by atoms with E-state index in [-0.39, 0.29) is 5.91 Å². The van der Waals surface area contributed by atoms with E-state index in [2.05, 4.69) is 15.3 Å². The van der Waals surface area contributed by atoms with Crippen LogP contribution < -0.4 is 5.32 Å². The van der Waals surface area contributed by atoms with Crippen LogP contribution in [0.3, 0.4) is 0 Å². The minimum Gasteiger partial charge on any atom is -0.445 e. The van der Waals surface area contributed by atoms with Gasteiger partial charge in [-0.15, -0.1) is 0 Å². The summed E-state index contributed by atoms with van der Waals surface area (Å²) >= 11 is 0. The second-order valence-electron chi connectivity index (χ2n) is 7.01. The molecule has 0 saturated carbocycles. The van der Waals surface area contributed by atoms with Gasteiger partial charge in [-0.25, -0.2) is 9.78 Å². The average molecular weight is 363 g/mol. The van der Waals surface area contributed by atoms with E-state index >= 15 is 0 Å². The number of rotatable bonds is 5. The predicted octanol–water partition coefficient (Wildman–Crippen LogP) is 2.78. The van der Waals surface area contributed by atoms with Gasteiger partial charge in [0.15, 0.2) is 5.60 Å². The quantitative estimate of drug-likeness (QED) is 0.539. The maximum Gasteiger partial charge on any atom is 0.339 e. The number of carbonyl (C=O) groups excluding carboxylic acids is 2. The van der Waals surface area contributed by atoms with Gasteiger partial charge >= 0.3 is 5.97 Å². The first kappa shape index (κ1) is 17.3. The molecule has 2 aromatic carbocycles. The van der Waals surface area contributed by atoms with E-state index in [1.807, 2.05) is 36.4 Å². The minimum atomic E-state index is -1.18. The minimum absolute atomic E-state index is 0.269. The number of aromatic amines is 1. The van der Waals surface area contributed by atoms with Crippen LogP contribution in [0.2, 0.25) is 0 Å². The molecule has 0 unspecified atom stereocenters. The molecule has 1 aliphatic rings. The van der Waals surface area contributed by atoms with Crippen LogP contribution in [0.4, 0.5) is 0 Å². The lowest BCUT2D eigenvalue weighted by atomic mass is 9.89. The van der Waals surface area contributed by atoms with Crippen LogP contribution in [-0.4, -0.2) is 34.0 Å². The predicted molar refractivity (Wildman–Crippen MR) is 101 cm³/mol. The van der Waals surface area contributed by atoms with Crippen LogP contribution in [0, 0.1) is 0 Å². The van der Waals surface area contributed by atoms with Crippen LogP contribution in [-0.2, 0) is 22.4 Å². The molecule has 4 rings (SSSR count). The highest BCUT2D eigenvalue weighted by molar-refractivity contribution is 5.97. The molecule has 0 fully saturated rings. The van der Waals surface area contributed by atoms with Crippen LogP contribution in [0.5, 0.6) is 0 Å². The van der Waals surface area contributed by atoms with Crippen molar-refractivity contribution in [2.24, 2.45) is 0 Å². The van der Waals surface area contributed by atoms with Crippen LogP contribution in [0.1, 0.15) is 35.1 Å². The largest absolute Gasteiger partial charge is 0.445 e. The lowest BCUT2D eigenvalue weighted by Crippen LogP contribution is -2.51. The second kappa shape index (κ2) is 6.87. The number of cyclic esters (lactones) is 1. The van der Waals surface area contributed by atoms with Gasteiger partial charge < -0.3 is 15.0 Å². The first-order valence-corrected chi connectivity index (χ1v) is 9.08. The van der Waals surface area contributed by atoms with E-state index in [0.29, 0.717) is 18.5 Å². The average Bonchev–Trinajstić information content (AvgIpc) is 3.08. The van der Waals surface area contributed by atoms with Gasteiger partial charge in [-0.05, 0) is 37.1 Å². The molecule has 6 heteroatoms. The van der Waals surface area contributed by atoms with Crippen LogP contribution >= 0.6 is 0 Å². The molecule has 0 radical (unpaired) electrons. The molecule has 6 nitrogen and oxygen atoms in total. The number of nitrogens with one attached hydrogen (secondary N) is 2. The van der Waals surface area contributed by atoms with Crippen molar-refractivity contribution in [2.75, 3.05) is 6.54 Å². The van der Waals surface area contributed by atoms with Gasteiger partial charge in [0.05, 0.1) is 16.6 Å². The van der Waals surface area contributed by atoms with Crippen molar-refractivity contribution in [3.05, 3.63) is 65.5 Å². The molecular formula is C21H21N3O3. The van der Waals surface area contributed by atoms with Crippen molar-refractivity contribution in [1.29, 1.82) is 0 Å². The second-order valence-corrected chi connectivity index (χ2v) is 7.01. The molecule has 1 aromatic heterocycles. The lowest BCUT2D eigenvalue weighted by molar-refractivity contribution is -0.139. The zero-order valence-corrected chi connectivity index (χ0v) is 15.1. The first-order chi connectivity index (χ1) is 13.0. The van der Waals surface area contributed by atoms with E-state index in [1.54, 1.807) is 19.1 Å². The molecule has 0 spiro atoms. The Morgan fingerprint density at radius 3 is 2.85 bits per heavy atom. The topological polar surface area (TPSA) is 84.1 Å². The molecule has 1 atom stereocenters. The highest BCUT2D eigenvalue weighted by Gasteiger charge is 2.42.